The van der Waals surface area contributed by atoms with E-state index in [1.165, 1.54) is 0 Å². The lowest BCUT2D eigenvalue weighted by Crippen LogP contribution is -2.22. The number of thioether (sulfide) groups is 1. The van der Waals surface area contributed by atoms with E-state index in [0.717, 1.165) is 31.3 Å². The SMILES string of the molecule is Cc1nc(SC(c2ccc(Cl)s2)C(C)N)nc(C)c1C. The van der Waals surface area contributed by atoms with Crippen LogP contribution in [0, 0.1) is 20.8 Å². The Morgan fingerprint density at radius 2 is 1.80 bits per heavy atom. The molecule has 0 saturated heterocycles. The molecule has 0 spiro atoms. The Bertz CT molecular complexity index is 587. The van der Waals surface area contributed by atoms with Crippen molar-refractivity contribution in [3.8, 4) is 0 Å². The van der Waals surface area contributed by atoms with E-state index in [2.05, 4.69) is 9.97 Å². The van der Waals surface area contributed by atoms with Gasteiger partial charge in [0.15, 0.2) is 5.16 Å². The maximum Gasteiger partial charge on any atom is 0.188 e. The van der Waals surface area contributed by atoms with Crippen molar-refractivity contribution >= 4 is 34.7 Å². The highest BCUT2D eigenvalue weighted by molar-refractivity contribution is 7.99. The number of aromatic nitrogens is 2. The molecule has 0 saturated carbocycles. The highest BCUT2D eigenvalue weighted by Gasteiger charge is 2.21. The lowest BCUT2D eigenvalue weighted by Gasteiger charge is -2.18. The molecule has 0 aromatic carbocycles. The standard InChI is InChI=1S/C14H18ClN3S2/c1-7-9(3)17-14(18-10(7)4)20-13(8(2)16)11-5-6-12(15)19-11/h5-6,8,13H,16H2,1-4H3. The van der Waals surface area contributed by atoms with Gasteiger partial charge in [-0.15, -0.1) is 11.3 Å². The summed E-state index contributed by atoms with van der Waals surface area (Å²) in [5.41, 5.74) is 9.31. The fourth-order valence-electron chi connectivity index (χ4n) is 1.81. The van der Waals surface area contributed by atoms with Crippen molar-refractivity contribution in [3.05, 3.63) is 38.3 Å². The Hall–Kier alpha value is -0.620. The van der Waals surface area contributed by atoms with Gasteiger partial charge in [-0.25, -0.2) is 9.97 Å². The maximum atomic E-state index is 6.12. The summed E-state index contributed by atoms with van der Waals surface area (Å²) < 4.78 is 0.781. The van der Waals surface area contributed by atoms with E-state index in [0.29, 0.717) is 0 Å². The van der Waals surface area contributed by atoms with Crippen molar-refractivity contribution in [2.75, 3.05) is 0 Å². The summed E-state index contributed by atoms with van der Waals surface area (Å²) in [6.45, 7) is 8.06. The number of hydrogen-bond donors (Lipinski definition) is 1. The number of thiophene rings is 1. The average Bonchev–Trinajstić information content (AvgIpc) is 2.79. The van der Waals surface area contributed by atoms with E-state index in [4.69, 9.17) is 17.3 Å². The average molecular weight is 328 g/mol. The lowest BCUT2D eigenvalue weighted by molar-refractivity contribution is 0.724. The van der Waals surface area contributed by atoms with Crippen molar-refractivity contribution < 1.29 is 0 Å². The third-order valence-electron chi connectivity index (χ3n) is 3.20. The monoisotopic (exact) mass is 327 g/mol. The molecule has 2 rings (SSSR count). The van der Waals surface area contributed by atoms with Crippen molar-refractivity contribution in [3.63, 3.8) is 0 Å². The van der Waals surface area contributed by atoms with Crippen LogP contribution in [0.25, 0.3) is 0 Å². The summed E-state index contributed by atoms with van der Waals surface area (Å²) in [5.74, 6) is 0. The summed E-state index contributed by atoms with van der Waals surface area (Å²) in [7, 11) is 0. The van der Waals surface area contributed by atoms with Crippen LogP contribution in [-0.4, -0.2) is 16.0 Å². The summed E-state index contributed by atoms with van der Waals surface area (Å²) in [5, 5.41) is 0.895. The Morgan fingerprint density at radius 1 is 1.20 bits per heavy atom. The molecule has 2 unspecified atom stereocenters. The minimum absolute atomic E-state index is 0.000215. The van der Waals surface area contributed by atoms with Crippen LogP contribution in [0.2, 0.25) is 4.34 Å². The van der Waals surface area contributed by atoms with Crippen LogP contribution in [-0.2, 0) is 0 Å². The van der Waals surface area contributed by atoms with Gasteiger partial charge in [-0.2, -0.15) is 0 Å². The molecule has 0 aliphatic rings. The largest absolute Gasteiger partial charge is 0.327 e. The number of halogens is 1. The lowest BCUT2D eigenvalue weighted by atomic mass is 10.2. The van der Waals surface area contributed by atoms with Crippen LogP contribution in [0.5, 0.6) is 0 Å². The van der Waals surface area contributed by atoms with Gasteiger partial charge >= 0.3 is 0 Å². The Labute approximate surface area is 133 Å². The first kappa shape index (κ1) is 15.8. The third-order valence-corrected chi connectivity index (χ3v) is 5.99. The minimum Gasteiger partial charge on any atom is -0.327 e. The highest BCUT2D eigenvalue weighted by atomic mass is 35.5. The van der Waals surface area contributed by atoms with E-state index >= 15 is 0 Å². The van der Waals surface area contributed by atoms with Crippen molar-refractivity contribution in [2.45, 2.75) is 44.1 Å². The molecule has 0 amide bonds. The normalized spacial score (nSPS) is 14.3. The second-order valence-corrected chi connectivity index (χ2v) is 7.70. The minimum atomic E-state index is 0.000215. The van der Waals surface area contributed by atoms with Crippen molar-refractivity contribution in [2.24, 2.45) is 5.73 Å². The van der Waals surface area contributed by atoms with Gasteiger partial charge in [-0.1, -0.05) is 23.4 Å². The van der Waals surface area contributed by atoms with E-state index in [1.54, 1.807) is 23.1 Å². The summed E-state index contributed by atoms with van der Waals surface area (Å²) in [6.07, 6.45) is 0. The Balaban J connectivity index is 2.29. The smallest absolute Gasteiger partial charge is 0.188 e. The maximum absolute atomic E-state index is 6.12. The van der Waals surface area contributed by atoms with E-state index in [-0.39, 0.29) is 11.3 Å². The van der Waals surface area contributed by atoms with Gasteiger partial charge in [0.05, 0.1) is 9.59 Å². The van der Waals surface area contributed by atoms with E-state index in [1.807, 2.05) is 39.8 Å². The zero-order chi connectivity index (χ0) is 14.9. The Kier molecular flexibility index (Phi) is 5.07. The van der Waals surface area contributed by atoms with Crippen LogP contribution >= 0.6 is 34.7 Å². The Morgan fingerprint density at radius 3 is 2.25 bits per heavy atom. The second kappa shape index (κ2) is 6.43. The van der Waals surface area contributed by atoms with Gasteiger partial charge in [-0.3, -0.25) is 0 Å². The molecule has 2 N–H and O–H groups in total. The molecule has 0 radical (unpaired) electrons. The molecule has 0 bridgehead atoms. The molecular weight excluding hydrogens is 310 g/mol. The first-order valence-corrected chi connectivity index (χ1v) is 8.45. The molecule has 6 heteroatoms. The van der Waals surface area contributed by atoms with Crippen LogP contribution < -0.4 is 5.73 Å². The molecule has 2 aromatic heterocycles. The van der Waals surface area contributed by atoms with Gasteiger partial charge < -0.3 is 5.73 Å². The third kappa shape index (κ3) is 3.52. The van der Waals surface area contributed by atoms with Gasteiger partial charge in [0.1, 0.15) is 0 Å². The molecule has 2 atom stereocenters. The molecular formula is C14H18ClN3S2. The molecule has 3 nitrogen and oxygen atoms in total. The summed E-state index contributed by atoms with van der Waals surface area (Å²) in [6, 6.07) is 3.94. The van der Waals surface area contributed by atoms with Crippen LogP contribution in [0.3, 0.4) is 0 Å². The fourth-order valence-corrected chi connectivity index (χ4v) is 4.28. The van der Waals surface area contributed by atoms with Gasteiger partial charge in [0.2, 0.25) is 0 Å². The quantitative estimate of drug-likeness (QED) is 0.672. The molecule has 0 aliphatic heterocycles. The molecule has 2 heterocycles. The topological polar surface area (TPSA) is 51.8 Å². The number of rotatable bonds is 4. The highest BCUT2D eigenvalue weighted by Crippen LogP contribution is 2.40. The summed E-state index contributed by atoms with van der Waals surface area (Å²) in [4.78, 5) is 10.3. The van der Waals surface area contributed by atoms with Gasteiger partial charge in [0, 0.05) is 22.3 Å². The van der Waals surface area contributed by atoms with Crippen molar-refractivity contribution in [1.82, 2.24) is 9.97 Å². The van der Waals surface area contributed by atoms with Gasteiger partial charge in [-0.05, 0) is 45.4 Å². The second-order valence-electron chi connectivity index (χ2n) is 4.84. The number of nitrogens with two attached hydrogens (primary N) is 1. The molecule has 108 valence electrons. The van der Waals surface area contributed by atoms with Crippen LogP contribution in [0.4, 0.5) is 0 Å². The van der Waals surface area contributed by atoms with E-state index < -0.39 is 0 Å². The van der Waals surface area contributed by atoms with Crippen LogP contribution in [0.1, 0.15) is 34.0 Å². The number of aryl methyl sites for hydroxylation is 2. The van der Waals surface area contributed by atoms with Gasteiger partial charge in [0.25, 0.3) is 0 Å². The number of nitrogens with zero attached hydrogens (tertiary/aromatic N) is 2. The first-order chi connectivity index (χ1) is 9.38. The number of hydrogen-bond acceptors (Lipinski definition) is 5. The van der Waals surface area contributed by atoms with Crippen molar-refractivity contribution in [1.29, 1.82) is 0 Å². The fraction of sp³-hybridized carbons (Fsp3) is 0.429. The predicted octanol–water partition coefficient (Wildman–Crippen LogP) is 4.30. The molecule has 0 aliphatic carbocycles. The zero-order valence-corrected chi connectivity index (χ0v) is 14.4. The van der Waals surface area contributed by atoms with E-state index in [9.17, 15) is 0 Å². The molecule has 2 aromatic rings. The summed E-state index contributed by atoms with van der Waals surface area (Å²) >= 11 is 9.19. The predicted molar refractivity (Wildman–Crippen MR) is 87.8 cm³/mol. The zero-order valence-electron chi connectivity index (χ0n) is 12.0. The molecule has 0 fully saturated rings. The first-order valence-electron chi connectivity index (χ1n) is 6.37. The molecule has 20 heavy (non-hydrogen) atoms. The van der Waals surface area contributed by atoms with Crippen LogP contribution in [0.15, 0.2) is 17.3 Å².